The van der Waals surface area contributed by atoms with Crippen LogP contribution in [0.4, 0.5) is 0 Å². The van der Waals surface area contributed by atoms with Crippen LogP contribution in [0.2, 0.25) is 0 Å². The van der Waals surface area contributed by atoms with Gasteiger partial charge in [0.2, 0.25) is 5.91 Å². The second kappa shape index (κ2) is 6.03. The number of nitrogens with zero attached hydrogens (tertiary/aromatic N) is 1. The van der Waals surface area contributed by atoms with Gasteiger partial charge in [0.05, 0.1) is 0 Å². The SMILES string of the molecule is CC(CC(=O)O)CC(=O)N(CC1CC1)C(C)C. The number of amides is 1. The molecule has 1 rings (SSSR count). The van der Waals surface area contributed by atoms with Crippen molar-refractivity contribution < 1.29 is 14.7 Å². The first-order chi connectivity index (χ1) is 7.90. The summed E-state index contributed by atoms with van der Waals surface area (Å²) in [6.07, 6.45) is 2.86. The summed E-state index contributed by atoms with van der Waals surface area (Å²) in [7, 11) is 0. The van der Waals surface area contributed by atoms with E-state index in [4.69, 9.17) is 5.11 Å². The maximum absolute atomic E-state index is 12.1. The number of rotatable bonds is 7. The van der Waals surface area contributed by atoms with Crippen LogP contribution in [0.15, 0.2) is 0 Å². The molecular weight excluding hydrogens is 218 g/mol. The number of carbonyl (C=O) groups is 2. The molecule has 1 amide bonds. The molecule has 0 radical (unpaired) electrons. The van der Waals surface area contributed by atoms with Crippen molar-refractivity contribution in [3.05, 3.63) is 0 Å². The van der Waals surface area contributed by atoms with E-state index >= 15 is 0 Å². The molecule has 1 aliphatic carbocycles. The Hall–Kier alpha value is -1.06. The van der Waals surface area contributed by atoms with Gasteiger partial charge in [0, 0.05) is 25.4 Å². The summed E-state index contributed by atoms with van der Waals surface area (Å²) in [6, 6.07) is 0.208. The molecule has 0 aromatic carbocycles. The van der Waals surface area contributed by atoms with Crippen LogP contribution in [-0.4, -0.2) is 34.5 Å². The molecule has 4 nitrogen and oxygen atoms in total. The van der Waals surface area contributed by atoms with Gasteiger partial charge in [-0.3, -0.25) is 9.59 Å². The quantitative estimate of drug-likeness (QED) is 0.743. The van der Waals surface area contributed by atoms with Gasteiger partial charge in [-0.05, 0) is 38.5 Å². The van der Waals surface area contributed by atoms with Crippen LogP contribution in [-0.2, 0) is 9.59 Å². The Balaban J connectivity index is 2.43. The highest BCUT2D eigenvalue weighted by molar-refractivity contribution is 5.77. The summed E-state index contributed by atoms with van der Waals surface area (Å²) >= 11 is 0. The maximum atomic E-state index is 12.1. The predicted octanol–water partition coefficient (Wildman–Crippen LogP) is 2.13. The smallest absolute Gasteiger partial charge is 0.303 e. The highest BCUT2D eigenvalue weighted by Crippen LogP contribution is 2.30. The second-order valence-electron chi connectivity index (χ2n) is 5.49. The Morgan fingerprint density at radius 1 is 1.24 bits per heavy atom. The van der Waals surface area contributed by atoms with Crippen molar-refractivity contribution in [1.29, 1.82) is 0 Å². The first-order valence-electron chi connectivity index (χ1n) is 6.41. The molecule has 0 heterocycles. The van der Waals surface area contributed by atoms with Gasteiger partial charge >= 0.3 is 5.97 Å². The average Bonchev–Trinajstić information content (AvgIpc) is 2.94. The van der Waals surface area contributed by atoms with Crippen molar-refractivity contribution in [2.75, 3.05) is 6.54 Å². The largest absolute Gasteiger partial charge is 0.481 e. The lowest BCUT2D eigenvalue weighted by atomic mass is 10.0. The zero-order valence-corrected chi connectivity index (χ0v) is 11.0. The van der Waals surface area contributed by atoms with E-state index in [1.54, 1.807) is 0 Å². The highest BCUT2D eigenvalue weighted by atomic mass is 16.4. The third-order valence-electron chi connectivity index (χ3n) is 3.14. The van der Waals surface area contributed by atoms with Gasteiger partial charge in [0.25, 0.3) is 0 Å². The molecule has 0 aromatic rings. The lowest BCUT2D eigenvalue weighted by Crippen LogP contribution is -2.39. The van der Waals surface area contributed by atoms with Crippen molar-refractivity contribution in [1.82, 2.24) is 4.90 Å². The summed E-state index contributed by atoms with van der Waals surface area (Å²) < 4.78 is 0. The number of hydrogen-bond donors (Lipinski definition) is 1. The van der Waals surface area contributed by atoms with Crippen LogP contribution >= 0.6 is 0 Å². The molecule has 4 heteroatoms. The van der Waals surface area contributed by atoms with E-state index in [1.165, 1.54) is 12.8 Å². The minimum atomic E-state index is -0.830. The zero-order chi connectivity index (χ0) is 13.0. The fourth-order valence-electron chi connectivity index (χ4n) is 1.96. The third kappa shape index (κ3) is 5.20. The normalized spacial score (nSPS) is 16.9. The van der Waals surface area contributed by atoms with Crippen molar-refractivity contribution >= 4 is 11.9 Å². The topological polar surface area (TPSA) is 57.6 Å². The molecule has 0 aliphatic heterocycles. The van der Waals surface area contributed by atoms with Gasteiger partial charge in [0.1, 0.15) is 0 Å². The monoisotopic (exact) mass is 241 g/mol. The van der Waals surface area contributed by atoms with Crippen LogP contribution in [0.3, 0.4) is 0 Å². The minimum Gasteiger partial charge on any atom is -0.481 e. The van der Waals surface area contributed by atoms with Gasteiger partial charge in [-0.2, -0.15) is 0 Å². The van der Waals surface area contributed by atoms with Gasteiger partial charge in [-0.1, -0.05) is 6.92 Å². The summed E-state index contributed by atoms with van der Waals surface area (Å²) in [5.74, 6) is -0.138. The number of aliphatic carboxylic acids is 1. The van der Waals surface area contributed by atoms with E-state index in [2.05, 4.69) is 0 Å². The molecule has 0 bridgehead atoms. The van der Waals surface area contributed by atoms with E-state index in [9.17, 15) is 9.59 Å². The second-order valence-corrected chi connectivity index (χ2v) is 5.49. The first-order valence-corrected chi connectivity index (χ1v) is 6.41. The number of hydrogen-bond acceptors (Lipinski definition) is 2. The Morgan fingerprint density at radius 3 is 2.24 bits per heavy atom. The fraction of sp³-hybridized carbons (Fsp3) is 0.846. The summed E-state index contributed by atoms with van der Waals surface area (Å²) in [5, 5.41) is 8.68. The summed E-state index contributed by atoms with van der Waals surface area (Å²) in [5.41, 5.74) is 0. The average molecular weight is 241 g/mol. The van der Waals surface area contributed by atoms with Crippen molar-refractivity contribution in [3.63, 3.8) is 0 Å². The maximum Gasteiger partial charge on any atom is 0.303 e. The Kier molecular flexibility index (Phi) is 4.97. The van der Waals surface area contributed by atoms with Gasteiger partial charge in [0.15, 0.2) is 0 Å². The molecule has 0 saturated heterocycles. The van der Waals surface area contributed by atoms with E-state index < -0.39 is 5.97 Å². The Morgan fingerprint density at radius 2 is 1.82 bits per heavy atom. The van der Waals surface area contributed by atoms with Gasteiger partial charge < -0.3 is 10.0 Å². The molecule has 98 valence electrons. The summed E-state index contributed by atoms with van der Waals surface area (Å²) in [4.78, 5) is 24.5. The molecular formula is C13H23NO3. The van der Waals surface area contributed by atoms with Crippen LogP contribution in [0.5, 0.6) is 0 Å². The van der Waals surface area contributed by atoms with Crippen molar-refractivity contribution in [2.45, 2.75) is 52.5 Å². The molecule has 1 N–H and O–H groups in total. The van der Waals surface area contributed by atoms with E-state index in [0.717, 1.165) is 6.54 Å². The Labute approximate surface area is 103 Å². The minimum absolute atomic E-state index is 0.0705. The van der Waals surface area contributed by atoms with E-state index in [0.29, 0.717) is 12.3 Å². The molecule has 0 aromatic heterocycles. The summed E-state index contributed by atoms with van der Waals surface area (Å²) in [6.45, 7) is 6.70. The standard InChI is InChI=1S/C13H23NO3/c1-9(2)14(8-11-4-5-11)12(15)6-10(3)7-13(16)17/h9-11H,4-8H2,1-3H3,(H,16,17). The van der Waals surface area contributed by atoms with Gasteiger partial charge in [-0.15, -0.1) is 0 Å². The molecule has 1 aliphatic rings. The number of carboxylic acid groups (broad SMARTS) is 1. The van der Waals surface area contributed by atoms with Crippen molar-refractivity contribution in [3.8, 4) is 0 Å². The van der Waals surface area contributed by atoms with Crippen LogP contribution < -0.4 is 0 Å². The predicted molar refractivity (Wildman–Crippen MR) is 65.6 cm³/mol. The van der Waals surface area contributed by atoms with Crippen LogP contribution in [0, 0.1) is 11.8 Å². The first kappa shape index (κ1) is 14.0. The molecule has 1 fully saturated rings. The number of carbonyl (C=O) groups excluding carboxylic acids is 1. The zero-order valence-electron chi connectivity index (χ0n) is 11.0. The third-order valence-corrected chi connectivity index (χ3v) is 3.14. The molecule has 1 unspecified atom stereocenters. The van der Waals surface area contributed by atoms with E-state index in [-0.39, 0.29) is 24.3 Å². The molecule has 1 atom stereocenters. The fourth-order valence-corrected chi connectivity index (χ4v) is 1.96. The lowest BCUT2D eigenvalue weighted by Gasteiger charge is -2.28. The van der Waals surface area contributed by atoms with Crippen molar-refractivity contribution in [2.24, 2.45) is 11.8 Å². The molecule has 17 heavy (non-hydrogen) atoms. The molecule has 0 spiro atoms. The Bertz CT molecular complexity index is 284. The van der Waals surface area contributed by atoms with Crippen LogP contribution in [0.1, 0.15) is 46.5 Å². The number of carboxylic acids is 1. The van der Waals surface area contributed by atoms with E-state index in [1.807, 2.05) is 25.7 Å². The van der Waals surface area contributed by atoms with Gasteiger partial charge in [-0.25, -0.2) is 0 Å². The molecule has 1 saturated carbocycles. The lowest BCUT2D eigenvalue weighted by molar-refractivity contribution is -0.139. The van der Waals surface area contributed by atoms with Crippen LogP contribution in [0.25, 0.3) is 0 Å². The highest BCUT2D eigenvalue weighted by Gasteiger charge is 2.28.